The lowest BCUT2D eigenvalue weighted by Crippen LogP contribution is -2.32. The largest absolute Gasteiger partial charge is 0.356 e. The Morgan fingerprint density at radius 3 is 2.66 bits per heavy atom. The molecule has 4 rings (SSSR count). The van der Waals surface area contributed by atoms with Crippen molar-refractivity contribution in [2.75, 3.05) is 26.2 Å². The number of likely N-dealkylation sites (tertiary alicyclic amines) is 1. The van der Waals surface area contributed by atoms with E-state index >= 15 is 0 Å². The standard InChI is InChI=1S/C22H29N5O2/c28-20(23-12-7-15-25-13-3-1-2-4-14-25)10-17-27-21-18(8-5-11-24-21)26-16-6-9-19(26)22(27)29/h5-6,8-9,11,16H,1-4,7,10,12-15,17H2,(H,23,28). The number of amides is 1. The SMILES string of the molecule is O=C(CCn1c(=O)c2cccn2c2cccnc21)NCCCN1CCCCCC1. The zero-order valence-electron chi connectivity index (χ0n) is 16.8. The van der Waals surface area contributed by atoms with Gasteiger partial charge in [-0.2, -0.15) is 0 Å². The summed E-state index contributed by atoms with van der Waals surface area (Å²) in [5, 5.41) is 3.00. The van der Waals surface area contributed by atoms with E-state index in [9.17, 15) is 9.59 Å². The van der Waals surface area contributed by atoms with Gasteiger partial charge in [0.2, 0.25) is 5.91 Å². The highest BCUT2D eigenvalue weighted by atomic mass is 16.2. The minimum Gasteiger partial charge on any atom is -0.356 e. The molecule has 0 aromatic carbocycles. The van der Waals surface area contributed by atoms with Crippen LogP contribution in [0.5, 0.6) is 0 Å². The van der Waals surface area contributed by atoms with Gasteiger partial charge in [-0.3, -0.25) is 14.2 Å². The minimum atomic E-state index is -0.116. The van der Waals surface area contributed by atoms with Crippen LogP contribution in [0.4, 0.5) is 0 Å². The van der Waals surface area contributed by atoms with Gasteiger partial charge in [0.15, 0.2) is 5.65 Å². The highest BCUT2D eigenvalue weighted by Crippen LogP contribution is 2.13. The molecule has 154 valence electrons. The number of carbonyl (C=O) groups is 1. The maximum atomic E-state index is 12.8. The van der Waals surface area contributed by atoms with Crippen molar-refractivity contribution in [1.29, 1.82) is 0 Å². The van der Waals surface area contributed by atoms with Crippen LogP contribution in [0, 0.1) is 0 Å². The lowest BCUT2D eigenvalue weighted by molar-refractivity contribution is -0.121. The normalized spacial score (nSPS) is 15.6. The van der Waals surface area contributed by atoms with E-state index < -0.39 is 0 Å². The summed E-state index contributed by atoms with van der Waals surface area (Å²) in [5.74, 6) is -0.0212. The number of hydrogen-bond donors (Lipinski definition) is 1. The Labute approximate surface area is 170 Å². The van der Waals surface area contributed by atoms with E-state index in [1.165, 1.54) is 38.8 Å². The molecule has 4 heterocycles. The van der Waals surface area contributed by atoms with Crippen LogP contribution in [-0.4, -0.2) is 50.9 Å². The van der Waals surface area contributed by atoms with Crippen LogP contribution < -0.4 is 10.9 Å². The molecule has 3 aromatic heterocycles. The van der Waals surface area contributed by atoms with Crippen LogP contribution in [0.2, 0.25) is 0 Å². The van der Waals surface area contributed by atoms with Gasteiger partial charge in [-0.15, -0.1) is 0 Å². The van der Waals surface area contributed by atoms with Crippen molar-refractivity contribution in [3.8, 4) is 0 Å². The molecule has 29 heavy (non-hydrogen) atoms. The number of nitrogens with one attached hydrogen (secondary N) is 1. The maximum Gasteiger partial charge on any atom is 0.276 e. The Balaban J connectivity index is 1.34. The van der Waals surface area contributed by atoms with Crippen LogP contribution >= 0.6 is 0 Å². The minimum absolute atomic E-state index is 0.0212. The molecule has 0 bridgehead atoms. The molecule has 0 radical (unpaired) electrons. The third-order valence-corrected chi connectivity index (χ3v) is 5.73. The summed E-state index contributed by atoms with van der Waals surface area (Å²) in [6, 6.07) is 7.44. The Morgan fingerprint density at radius 2 is 1.83 bits per heavy atom. The summed E-state index contributed by atoms with van der Waals surface area (Å²) in [7, 11) is 0. The number of aryl methyl sites for hydroxylation is 1. The summed E-state index contributed by atoms with van der Waals surface area (Å²) in [5.41, 5.74) is 1.96. The van der Waals surface area contributed by atoms with Crippen molar-refractivity contribution in [2.45, 2.75) is 45.1 Å². The van der Waals surface area contributed by atoms with Gasteiger partial charge in [-0.05, 0) is 63.2 Å². The number of carbonyl (C=O) groups excluding carboxylic acids is 1. The van der Waals surface area contributed by atoms with Crippen LogP contribution in [0.25, 0.3) is 16.7 Å². The second-order valence-corrected chi connectivity index (χ2v) is 7.78. The molecule has 0 atom stereocenters. The Hall–Kier alpha value is -2.67. The number of aromatic nitrogens is 3. The molecule has 0 aliphatic carbocycles. The smallest absolute Gasteiger partial charge is 0.276 e. The molecule has 1 amide bonds. The molecule has 1 N–H and O–H groups in total. The quantitative estimate of drug-likeness (QED) is 0.624. The molecule has 1 aliphatic heterocycles. The van der Waals surface area contributed by atoms with Gasteiger partial charge in [-0.1, -0.05) is 12.8 Å². The third kappa shape index (κ3) is 4.50. The van der Waals surface area contributed by atoms with Gasteiger partial charge in [0, 0.05) is 31.9 Å². The van der Waals surface area contributed by atoms with Crippen LogP contribution in [0.15, 0.2) is 41.5 Å². The number of fused-ring (bicyclic) bond motifs is 3. The fourth-order valence-electron chi connectivity index (χ4n) is 4.18. The van der Waals surface area contributed by atoms with Gasteiger partial charge in [0.05, 0.1) is 5.52 Å². The highest BCUT2D eigenvalue weighted by Gasteiger charge is 2.13. The van der Waals surface area contributed by atoms with Crippen molar-refractivity contribution in [2.24, 2.45) is 0 Å². The lowest BCUT2D eigenvalue weighted by atomic mass is 10.2. The molecule has 0 unspecified atom stereocenters. The number of hydrogen-bond acceptors (Lipinski definition) is 4. The summed E-state index contributed by atoms with van der Waals surface area (Å²) in [6.45, 7) is 4.41. The topological polar surface area (TPSA) is 71.6 Å². The molecular formula is C22H29N5O2. The van der Waals surface area contributed by atoms with E-state index in [-0.39, 0.29) is 17.9 Å². The first kappa shape index (κ1) is 19.6. The number of rotatable bonds is 7. The van der Waals surface area contributed by atoms with Crippen molar-refractivity contribution >= 4 is 22.6 Å². The molecule has 1 saturated heterocycles. The number of pyridine rings is 1. The Morgan fingerprint density at radius 1 is 1.03 bits per heavy atom. The Bertz CT molecular complexity index is 1030. The fraction of sp³-hybridized carbons (Fsp3) is 0.500. The molecule has 1 aliphatic rings. The molecule has 7 nitrogen and oxygen atoms in total. The second-order valence-electron chi connectivity index (χ2n) is 7.78. The highest BCUT2D eigenvalue weighted by molar-refractivity contribution is 5.77. The van der Waals surface area contributed by atoms with Crippen LogP contribution in [0.1, 0.15) is 38.5 Å². The Kier molecular flexibility index (Phi) is 6.24. The first-order valence-corrected chi connectivity index (χ1v) is 10.7. The van der Waals surface area contributed by atoms with Gasteiger partial charge in [0.25, 0.3) is 5.56 Å². The second kappa shape index (κ2) is 9.22. The molecular weight excluding hydrogens is 366 g/mol. The van der Waals surface area contributed by atoms with Gasteiger partial charge < -0.3 is 14.6 Å². The molecule has 3 aromatic rings. The summed E-state index contributed by atoms with van der Waals surface area (Å²) >= 11 is 0. The van der Waals surface area contributed by atoms with E-state index in [2.05, 4.69) is 15.2 Å². The summed E-state index contributed by atoms with van der Waals surface area (Å²) < 4.78 is 3.46. The zero-order valence-corrected chi connectivity index (χ0v) is 16.8. The van der Waals surface area contributed by atoms with E-state index in [4.69, 9.17) is 0 Å². The van der Waals surface area contributed by atoms with Crippen molar-refractivity contribution in [3.63, 3.8) is 0 Å². The maximum absolute atomic E-state index is 12.8. The molecule has 0 spiro atoms. The average molecular weight is 396 g/mol. The number of nitrogens with zero attached hydrogens (tertiary/aromatic N) is 4. The zero-order chi connectivity index (χ0) is 20.1. The summed E-state index contributed by atoms with van der Waals surface area (Å²) in [4.78, 5) is 32.1. The van der Waals surface area contributed by atoms with E-state index in [0.29, 0.717) is 24.3 Å². The average Bonchev–Trinajstić information content (AvgIpc) is 3.09. The van der Waals surface area contributed by atoms with Crippen molar-refractivity contribution in [1.82, 2.24) is 24.2 Å². The molecule has 7 heteroatoms. The van der Waals surface area contributed by atoms with Crippen molar-refractivity contribution in [3.05, 3.63) is 47.0 Å². The van der Waals surface area contributed by atoms with Gasteiger partial charge >= 0.3 is 0 Å². The predicted molar refractivity (Wildman–Crippen MR) is 114 cm³/mol. The molecule has 1 fully saturated rings. The fourth-order valence-corrected chi connectivity index (χ4v) is 4.18. The van der Waals surface area contributed by atoms with Gasteiger partial charge in [-0.25, -0.2) is 4.98 Å². The van der Waals surface area contributed by atoms with Crippen LogP contribution in [0.3, 0.4) is 0 Å². The molecule has 0 saturated carbocycles. The van der Waals surface area contributed by atoms with Gasteiger partial charge in [0.1, 0.15) is 5.52 Å². The third-order valence-electron chi connectivity index (χ3n) is 5.73. The first-order chi connectivity index (χ1) is 14.2. The van der Waals surface area contributed by atoms with E-state index in [1.807, 2.05) is 28.8 Å². The summed E-state index contributed by atoms with van der Waals surface area (Å²) in [6.07, 6.45) is 10.0. The first-order valence-electron chi connectivity index (χ1n) is 10.7. The lowest BCUT2D eigenvalue weighted by Gasteiger charge is -2.19. The van der Waals surface area contributed by atoms with E-state index in [1.54, 1.807) is 16.8 Å². The van der Waals surface area contributed by atoms with E-state index in [0.717, 1.165) is 18.5 Å². The van der Waals surface area contributed by atoms with Crippen LogP contribution in [-0.2, 0) is 11.3 Å². The predicted octanol–water partition coefficient (Wildman–Crippen LogP) is 2.42. The monoisotopic (exact) mass is 395 g/mol. The van der Waals surface area contributed by atoms with Crippen molar-refractivity contribution < 1.29 is 4.79 Å².